The third-order valence-corrected chi connectivity index (χ3v) is 4.82. The van der Waals surface area contributed by atoms with Gasteiger partial charge in [0.05, 0.1) is 12.7 Å². The molecule has 0 spiro atoms. The fourth-order valence-corrected chi connectivity index (χ4v) is 3.72. The lowest BCUT2D eigenvalue weighted by atomic mass is 9.84. The number of nitrogens with one attached hydrogen (secondary N) is 1. The summed E-state index contributed by atoms with van der Waals surface area (Å²) in [5.41, 5.74) is 0.943. The van der Waals surface area contributed by atoms with Gasteiger partial charge in [-0.05, 0) is 30.9 Å². The number of hydrogen-bond donors (Lipinski definition) is 2. The molecule has 2 aliphatic heterocycles. The molecule has 2 saturated heterocycles. The number of rotatable bonds is 4. The van der Waals surface area contributed by atoms with Gasteiger partial charge in [0.2, 0.25) is 0 Å². The van der Waals surface area contributed by atoms with Crippen LogP contribution >= 0.6 is 0 Å². The van der Waals surface area contributed by atoms with E-state index in [0.29, 0.717) is 11.7 Å². The highest BCUT2D eigenvalue weighted by Gasteiger charge is 2.34. The minimum Gasteiger partial charge on any atom is -0.507 e. The van der Waals surface area contributed by atoms with Crippen LogP contribution in [0.15, 0.2) is 18.2 Å². The number of benzene rings is 1. The minimum absolute atomic E-state index is 0.196. The molecule has 5 heteroatoms. The molecule has 0 bridgehead atoms. The van der Waals surface area contributed by atoms with Gasteiger partial charge in [-0.15, -0.1) is 0 Å². The molecular formula is C17H26N2O3. The van der Waals surface area contributed by atoms with Crippen molar-refractivity contribution >= 4 is 0 Å². The van der Waals surface area contributed by atoms with Crippen LogP contribution in [0.25, 0.3) is 0 Å². The standard InChI is InChI=1S/C17H26N2O3/c1-21-15-4-2-3-14(20)16(15)17(13-5-11-22-12-6-13)19-9-7-18-8-10-19/h2-4,13,17-18,20H,5-12H2,1H3/t17-/m0/s1. The number of phenols is 1. The minimum atomic E-state index is 0.196. The molecule has 0 aliphatic carbocycles. The lowest BCUT2D eigenvalue weighted by molar-refractivity contribution is 0.0199. The monoisotopic (exact) mass is 306 g/mol. The van der Waals surface area contributed by atoms with Crippen molar-refractivity contribution in [3.8, 4) is 11.5 Å². The van der Waals surface area contributed by atoms with Crippen molar-refractivity contribution in [2.24, 2.45) is 5.92 Å². The van der Waals surface area contributed by atoms with Gasteiger partial charge in [0.1, 0.15) is 11.5 Å². The van der Waals surface area contributed by atoms with Gasteiger partial charge in [-0.25, -0.2) is 0 Å². The lowest BCUT2D eigenvalue weighted by Crippen LogP contribution is -2.47. The topological polar surface area (TPSA) is 54.0 Å². The van der Waals surface area contributed by atoms with Crippen molar-refractivity contribution in [2.75, 3.05) is 46.5 Å². The Kier molecular flexibility index (Phi) is 5.18. The molecule has 1 aromatic rings. The molecule has 0 radical (unpaired) electrons. The molecule has 2 heterocycles. The lowest BCUT2D eigenvalue weighted by Gasteiger charge is -2.41. The van der Waals surface area contributed by atoms with E-state index < -0.39 is 0 Å². The molecule has 0 aromatic heterocycles. The van der Waals surface area contributed by atoms with E-state index in [1.54, 1.807) is 13.2 Å². The maximum Gasteiger partial charge on any atom is 0.127 e. The Hall–Kier alpha value is -1.30. The smallest absolute Gasteiger partial charge is 0.127 e. The summed E-state index contributed by atoms with van der Waals surface area (Å²) in [4.78, 5) is 2.49. The molecule has 2 fully saturated rings. The third kappa shape index (κ3) is 3.21. The summed E-state index contributed by atoms with van der Waals surface area (Å²) >= 11 is 0. The van der Waals surface area contributed by atoms with E-state index in [1.807, 2.05) is 12.1 Å². The van der Waals surface area contributed by atoms with Gasteiger partial charge in [0.25, 0.3) is 0 Å². The quantitative estimate of drug-likeness (QED) is 0.888. The zero-order chi connectivity index (χ0) is 15.4. The van der Waals surface area contributed by atoms with Crippen molar-refractivity contribution in [3.63, 3.8) is 0 Å². The molecular weight excluding hydrogens is 280 g/mol. The predicted octanol–water partition coefficient (Wildman–Crippen LogP) is 1.77. The van der Waals surface area contributed by atoms with E-state index in [2.05, 4.69) is 10.2 Å². The number of aromatic hydroxyl groups is 1. The highest BCUT2D eigenvalue weighted by atomic mass is 16.5. The average Bonchev–Trinajstić information content (AvgIpc) is 2.58. The van der Waals surface area contributed by atoms with Crippen LogP contribution in [0, 0.1) is 5.92 Å². The summed E-state index contributed by atoms with van der Waals surface area (Å²) in [6, 6.07) is 5.76. The SMILES string of the molecule is COc1cccc(O)c1[C@H](C1CCOCC1)N1CCNCC1. The Morgan fingerprint density at radius 1 is 1.27 bits per heavy atom. The molecule has 3 rings (SSSR count). The molecule has 122 valence electrons. The van der Waals surface area contributed by atoms with Gasteiger partial charge in [-0.3, -0.25) is 4.90 Å². The van der Waals surface area contributed by atoms with Crippen molar-refractivity contribution in [1.29, 1.82) is 0 Å². The van der Waals surface area contributed by atoms with Crippen LogP contribution in [-0.4, -0.2) is 56.5 Å². The number of piperazine rings is 1. The highest BCUT2D eigenvalue weighted by molar-refractivity contribution is 5.46. The van der Waals surface area contributed by atoms with Crippen molar-refractivity contribution in [2.45, 2.75) is 18.9 Å². The first kappa shape index (κ1) is 15.6. The molecule has 0 unspecified atom stereocenters. The van der Waals surface area contributed by atoms with E-state index in [9.17, 15) is 5.11 Å². The summed E-state index contributed by atoms with van der Waals surface area (Å²) in [5.74, 6) is 1.62. The molecule has 2 aliphatic rings. The predicted molar refractivity (Wildman–Crippen MR) is 85.4 cm³/mol. The van der Waals surface area contributed by atoms with E-state index in [1.165, 1.54) is 0 Å². The van der Waals surface area contributed by atoms with Crippen LogP contribution in [0.3, 0.4) is 0 Å². The van der Waals surface area contributed by atoms with Crippen LogP contribution in [0.2, 0.25) is 0 Å². The van der Waals surface area contributed by atoms with E-state index in [4.69, 9.17) is 9.47 Å². The molecule has 22 heavy (non-hydrogen) atoms. The fraction of sp³-hybridized carbons (Fsp3) is 0.647. The average molecular weight is 306 g/mol. The molecule has 2 N–H and O–H groups in total. The Labute approximate surface area is 132 Å². The zero-order valence-electron chi connectivity index (χ0n) is 13.3. The first-order chi connectivity index (χ1) is 10.8. The maximum atomic E-state index is 10.5. The summed E-state index contributed by atoms with van der Waals surface area (Å²) in [6.45, 7) is 5.61. The van der Waals surface area contributed by atoms with Crippen LogP contribution in [0.4, 0.5) is 0 Å². The Morgan fingerprint density at radius 2 is 2.00 bits per heavy atom. The van der Waals surface area contributed by atoms with Gasteiger partial charge in [0, 0.05) is 45.4 Å². The fourth-order valence-electron chi connectivity index (χ4n) is 3.72. The molecule has 1 aromatic carbocycles. The molecule has 1 atom stereocenters. The number of phenolic OH excluding ortho intramolecular Hbond substituents is 1. The second-order valence-corrected chi connectivity index (χ2v) is 6.07. The van der Waals surface area contributed by atoms with Gasteiger partial charge in [0.15, 0.2) is 0 Å². The summed E-state index contributed by atoms with van der Waals surface area (Å²) in [5, 5.41) is 13.9. The van der Waals surface area contributed by atoms with Crippen molar-refractivity contribution in [1.82, 2.24) is 10.2 Å². The first-order valence-corrected chi connectivity index (χ1v) is 8.19. The molecule has 0 amide bonds. The van der Waals surface area contributed by atoms with Crippen molar-refractivity contribution < 1.29 is 14.6 Å². The van der Waals surface area contributed by atoms with E-state index in [-0.39, 0.29) is 6.04 Å². The van der Waals surface area contributed by atoms with Crippen LogP contribution in [-0.2, 0) is 4.74 Å². The number of methoxy groups -OCH3 is 1. The third-order valence-electron chi connectivity index (χ3n) is 4.82. The van der Waals surface area contributed by atoms with Crippen molar-refractivity contribution in [3.05, 3.63) is 23.8 Å². The molecule has 0 saturated carbocycles. The number of hydrogen-bond acceptors (Lipinski definition) is 5. The summed E-state index contributed by atoms with van der Waals surface area (Å²) in [7, 11) is 1.68. The Balaban J connectivity index is 1.96. The number of ether oxygens (including phenoxy) is 2. The first-order valence-electron chi connectivity index (χ1n) is 8.19. The summed E-state index contributed by atoms with van der Waals surface area (Å²) in [6.07, 6.45) is 2.07. The van der Waals surface area contributed by atoms with Gasteiger partial charge < -0.3 is 19.9 Å². The highest BCUT2D eigenvalue weighted by Crippen LogP contribution is 2.43. The Morgan fingerprint density at radius 3 is 2.68 bits per heavy atom. The number of nitrogens with zero attached hydrogens (tertiary/aromatic N) is 1. The van der Waals surface area contributed by atoms with Crippen LogP contribution < -0.4 is 10.1 Å². The van der Waals surface area contributed by atoms with Gasteiger partial charge in [-0.2, -0.15) is 0 Å². The summed E-state index contributed by atoms with van der Waals surface area (Å²) < 4.78 is 11.1. The normalized spacial score (nSPS) is 22.4. The Bertz CT molecular complexity index is 465. The van der Waals surface area contributed by atoms with Gasteiger partial charge >= 0.3 is 0 Å². The maximum absolute atomic E-state index is 10.5. The van der Waals surface area contributed by atoms with Gasteiger partial charge in [-0.1, -0.05) is 6.07 Å². The zero-order valence-corrected chi connectivity index (χ0v) is 13.3. The molecule has 5 nitrogen and oxygen atoms in total. The second-order valence-electron chi connectivity index (χ2n) is 6.07. The van der Waals surface area contributed by atoms with Crippen LogP contribution in [0.5, 0.6) is 11.5 Å². The van der Waals surface area contributed by atoms with Crippen LogP contribution in [0.1, 0.15) is 24.4 Å². The van der Waals surface area contributed by atoms with E-state index >= 15 is 0 Å². The largest absolute Gasteiger partial charge is 0.507 e. The van der Waals surface area contributed by atoms with E-state index in [0.717, 1.165) is 63.5 Å². The second kappa shape index (κ2) is 7.31.